The largest absolute Gasteiger partial charge is 0.296 e. The molecule has 1 N–H and O–H groups in total. The van der Waals surface area contributed by atoms with Crippen molar-refractivity contribution in [3.05, 3.63) is 85.0 Å². The van der Waals surface area contributed by atoms with Gasteiger partial charge in [-0.3, -0.25) is 9.62 Å². The SMILES string of the molecule is C=CCN(CC=C)CCc1ccc(NS(=O)(=O)c2ccc(C(C)C)cc2)cc1.Cl. The molecule has 0 fully saturated rings. The van der Waals surface area contributed by atoms with E-state index >= 15 is 0 Å². The molecule has 29 heavy (non-hydrogen) atoms. The molecule has 2 aromatic carbocycles. The monoisotopic (exact) mass is 434 g/mol. The molecule has 0 aliphatic heterocycles. The van der Waals surface area contributed by atoms with Crippen LogP contribution in [0.4, 0.5) is 5.69 Å². The Kier molecular flexibility index (Phi) is 10.2. The summed E-state index contributed by atoms with van der Waals surface area (Å²) in [6, 6.07) is 14.6. The molecule has 0 aliphatic rings. The zero-order valence-corrected chi connectivity index (χ0v) is 18.8. The summed E-state index contributed by atoms with van der Waals surface area (Å²) in [6.07, 6.45) is 4.65. The normalized spacial score (nSPS) is 11.2. The quantitative estimate of drug-likeness (QED) is 0.491. The first-order valence-corrected chi connectivity index (χ1v) is 11.0. The molecule has 2 rings (SSSR count). The summed E-state index contributed by atoms with van der Waals surface area (Å²) in [4.78, 5) is 2.52. The maximum atomic E-state index is 12.6. The zero-order chi connectivity index (χ0) is 20.6. The van der Waals surface area contributed by atoms with Crippen LogP contribution in [0.3, 0.4) is 0 Å². The van der Waals surface area contributed by atoms with E-state index in [1.165, 1.54) is 0 Å². The zero-order valence-electron chi connectivity index (χ0n) is 17.2. The third kappa shape index (κ3) is 7.69. The van der Waals surface area contributed by atoms with Gasteiger partial charge < -0.3 is 0 Å². The molecule has 0 aromatic heterocycles. The van der Waals surface area contributed by atoms with E-state index in [1.807, 2.05) is 36.4 Å². The first-order valence-electron chi connectivity index (χ1n) is 9.51. The van der Waals surface area contributed by atoms with Gasteiger partial charge >= 0.3 is 0 Å². The van der Waals surface area contributed by atoms with E-state index in [0.717, 1.165) is 37.2 Å². The lowest BCUT2D eigenvalue weighted by molar-refractivity contribution is 0.340. The third-order valence-corrected chi connectivity index (χ3v) is 5.95. The lowest BCUT2D eigenvalue weighted by Crippen LogP contribution is -2.26. The van der Waals surface area contributed by atoms with E-state index in [4.69, 9.17) is 0 Å². The van der Waals surface area contributed by atoms with E-state index in [2.05, 4.69) is 36.6 Å². The van der Waals surface area contributed by atoms with Crippen molar-refractivity contribution in [3.63, 3.8) is 0 Å². The van der Waals surface area contributed by atoms with Gasteiger partial charge in [-0.1, -0.05) is 50.3 Å². The van der Waals surface area contributed by atoms with Crippen LogP contribution in [-0.2, 0) is 16.4 Å². The third-order valence-electron chi connectivity index (χ3n) is 4.55. The van der Waals surface area contributed by atoms with Gasteiger partial charge in [-0.05, 0) is 47.7 Å². The molecular formula is C23H31ClN2O2S. The number of benzene rings is 2. The summed E-state index contributed by atoms with van der Waals surface area (Å²) < 4.78 is 27.8. The number of halogens is 1. The summed E-state index contributed by atoms with van der Waals surface area (Å²) in [5.41, 5.74) is 2.83. The second-order valence-corrected chi connectivity index (χ2v) is 8.80. The molecule has 4 nitrogen and oxygen atoms in total. The Morgan fingerprint density at radius 3 is 2.00 bits per heavy atom. The second kappa shape index (κ2) is 11.8. The number of sulfonamides is 1. The standard InChI is InChI=1S/C23H30N2O2S.ClH/c1-5-16-25(17-6-2)18-15-20-7-11-22(12-8-20)24-28(26,27)23-13-9-21(10-14-23)19(3)4;/h5-14,19,24H,1-2,15-18H2,3-4H3;1H. The van der Waals surface area contributed by atoms with Crippen molar-refractivity contribution in [3.8, 4) is 0 Å². The van der Waals surface area contributed by atoms with Gasteiger partial charge in [-0.15, -0.1) is 25.6 Å². The summed E-state index contributed by atoms with van der Waals surface area (Å²) in [6.45, 7) is 14.3. The second-order valence-electron chi connectivity index (χ2n) is 7.11. The van der Waals surface area contributed by atoms with Crippen LogP contribution in [0, 0.1) is 0 Å². The highest BCUT2D eigenvalue weighted by molar-refractivity contribution is 7.92. The molecular weight excluding hydrogens is 404 g/mol. The van der Waals surface area contributed by atoms with Crippen LogP contribution in [0.2, 0.25) is 0 Å². The molecule has 0 heterocycles. The molecule has 6 heteroatoms. The lowest BCUT2D eigenvalue weighted by atomic mass is 10.0. The van der Waals surface area contributed by atoms with Crippen LogP contribution < -0.4 is 4.72 Å². The lowest BCUT2D eigenvalue weighted by Gasteiger charge is -2.18. The smallest absolute Gasteiger partial charge is 0.261 e. The number of nitrogens with zero attached hydrogens (tertiary/aromatic N) is 1. The fraction of sp³-hybridized carbons (Fsp3) is 0.304. The van der Waals surface area contributed by atoms with Gasteiger partial charge in [0.1, 0.15) is 0 Å². The van der Waals surface area contributed by atoms with Gasteiger partial charge in [0.25, 0.3) is 10.0 Å². The number of nitrogens with one attached hydrogen (secondary N) is 1. The van der Waals surface area contributed by atoms with Crippen molar-refractivity contribution in [1.29, 1.82) is 0 Å². The van der Waals surface area contributed by atoms with Crippen molar-refractivity contribution in [2.75, 3.05) is 24.4 Å². The molecule has 0 atom stereocenters. The summed E-state index contributed by atoms with van der Waals surface area (Å²) in [7, 11) is -3.59. The molecule has 0 saturated heterocycles. The Morgan fingerprint density at radius 2 is 1.52 bits per heavy atom. The van der Waals surface area contributed by atoms with E-state index in [9.17, 15) is 8.42 Å². The molecule has 0 bridgehead atoms. The van der Waals surface area contributed by atoms with Crippen molar-refractivity contribution in [1.82, 2.24) is 4.90 Å². The summed E-state index contributed by atoms with van der Waals surface area (Å²) in [5.74, 6) is 0.367. The van der Waals surface area contributed by atoms with E-state index in [-0.39, 0.29) is 17.3 Å². The fourth-order valence-corrected chi connectivity index (χ4v) is 3.95. The van der Waals surface area contributed by atoms with Crippen LogP contribution in [0.1, 0.15) is 30.9 Å². The first kappa shape index (κ1) is 25.0. The maximum Gasteiger partial charge on any atom is 0.261 e. The van der Waals surface area contributed by atoms with Gasteiger partial charge in [0.15, 0.2) is 0 Å². The van der Waals surface area contributed by atoms with Crippen LogP contribution in [0.25, 0.3) is 0 Å². The Morgan fingerprint density at radius 1 is 0.966 bits per heavy atom. The minimum Gasteiger partial charge on any atom is -0.296 e. The van der Waals surface area contributed by atoms with Gasteiger partial charge in [0.2, 0.25) is 0 Å². The number of rotatable bonds is 11. The van der Waals surface area contributed by atoms with Gasteiger partial charge in [-0.25, -0.2) is 8.42 Å². The molecule has 0 radical (unpaired) electrons. The summed E-state index contributed by atoms with van der Waals surface area (Å²) >= 11 is 0. The predicted molar refractivity (Wildman–Crippen MR) is 126 cm³/mol. The van der Waals surface area contributed by atoms with Crippen molar-refractivity contribution >= 4 is 28.1 Å². The van der Waals surface area contributed by atoms with Crippen molar-refractivity contribution < 1.29 is 8.42 Å². The number of anilines is 1. The molecule has 0 saturated carbocycles. The Balaban J connectivity index is 0.00000420. The molecule has 2 aromatic rings. The average Bonchev–Trinajstić information content (AvgIpc) is 2.67. The van der Waals surface area contributed by atoms with Gasteiger partial charge in [0, 0.05) is 25.3 Å². The highest BCUT2D eigenvalue weighted by Gasteiger charge is 2.14. The van der Waals surface area contributed by atoms with Crippen LogP contribution in [0.5, 0.6) is 0 Å². The first-order chi connectivity index (χ1) is 13.4. The van der Waals surface area contributed by atoms with Crippen LogP contribution in [0.15, 0.2) is 78.7 Å². The average molecular weight is 435 g/mol. The van der Waals surface area contributed by atoms with E-state index in [1.54, 1.807) is 24.3 Å². The topological polar surface area (TPSA) is 49.4 Å². The minimum atomic E-state index is -3.59. The van der Waals surface area contributed by atoms with Crippen LogP contribution in [-0.4, -0.2) is 33.0 Å². The Bertz CT molecular complexity index is 866. The van der Waals surface area contributed by atoms with Crippen molar-refractivity contribution in [2.45, 2.75) is 31.1 Å². The number of hydrogen-bond donors (Lipinski definition) is 1. The Hall–Kier alpha value is -2.08. The maximum absolute atomic E-state index is 12.6. The summed E-state index contributed by atoms with van der Waals surface area (Å²) in [5, 5.41) is 0. The fourth-order valence-electron chi connectivity index (χ4n) is 2.89. The molecule has 158 valence electrons. The molecule has 0 unspecified atom stereocenters. The van der Waals surface area contributed by atoms with Crippen LogP contribution >= 0.6 is 12.4 Å². The molecule has 0 amide bonds. The van der Waals surface area contributed by atoms with Gasteiger partial charge in [-0.2, -0.15) is 0 Å². The minimum absolute atomic E-state index is 0. The predicted octanol–water partition coefficient (Wildman–Crippen LogP) is 5.25. The van der Waals surface area contributed by atoms with Crippen molar-refractivity contribution in [2.24, 2.45) is 0 Å². The highest BCUT2D eigenvalue weighted by atomic mass is 35.5. The number of hydrogen-bond acceptors (Lipinski definition) is 3. The molecule has 0 spiro atoms. The van der Waals surface area contributed by atoms with E-state index in [0.29, 0.717) is 11.6 Å². The highest BCUT2D eigenvalue weighted by Crippen LogP contribution is 2.20. The Labute approximate surface area is 181 Å². The van der Waals surface area contributed by atoms with Gasteiger partial charge in [0.05, 0.1) is 4.90 Å². The van der Waals surface area contributed by atoms with E-state index < -0.39 is 10.0 Å². The molecule has 0 aliphatic carbocycles.